The summed E-state index contributed by atoms with van der Waals surface area (Å²) in [6.07, 6.45) is 3.98. The van der Waals surface area contributed by atoms with Crippen LogP contribution in [0, 0.1) is 0 Å². The Labute approximate surface area is 173 Å². The van der Waals surface area contributed by atoms with Crippen LogP contribution in [0.4, 0.5) is 5.69 Å². The number of nitrogens with one attached hydrogen (secondary N) is 2. The first kappa shape index (κ1) is 19.4. The van der Waals surface area contributed by atoms with Gasteiger partial charge in [-0.3, -0.25) is 19.9 Å². The van der Waals surface area contributed by atoms with E-state index < -0.39 is 0 Å². The summed E-state index contributed by atoms with van der Waals surface area (Å²) in [5.41, 5.74) is 2.93. The number of thioether (sulfide) groups is 1. The Bertz CT molecular complexity index is 995. The summed E-state index contributed by atoms with van der Waals surface area (Å²) in [7, 11) is 0. The average molecular weight is 404 g/mol. The maximum Gasteiger partial charge on any atom is 0.225 e. The second-order valence-electron chi connectivity index (χ2n) is 6.89. The lowest BCUT2D eigenvalue weighted by molar-refractivity contribution is -0.116. The van der Waals surface area contributed by atoms with E-state index in [4.69, 9.17) is 0 Å². The molecule has 3 aromatic rings. The summed E-state index contributed by atoms with van der Waals surface area (Å²) in [6, 6.07) is 20.3. The summed E-state index contributed by atoms with van der Waals surface area (Å²) in [5, 5.41) is 6.56. The van der Waals surface area contributed by atoms with Gasteiger partial charge in [0.25, 0.3) is 0 Å². The van der Waals surface area contributed by atoms with Gasteiger partial charge in [0.1, 0.15) is 0 Å². The first-order chi connectivity index (χ1) is 14.2. The predicted octanol–water partition coefficient (Wildman–Crippen LogP) is 4.05. The summed E-state index contributed by atoms with van der Waals surface area (Å²) >= 11 is 1.78. The molecule has 2 heterocycles. The zero-order chi connectivity index (χ0) is 20.1. The minimum atomic E-state index is -0.0701. The van der Waals surface area contributed by atoms with Crippen molar-refractivity contribution in [1.82, 2.24) is 10.3 Å². The van der Waals surface area contributed by atoms with Gasteiger partial charge in [0, 0.05) is 47.4 Å². The lowest BCUT2D eigenvalue weighted by atomic mass is 10.0. The lowest BCUT2D eigenvalue weighted by Gasteiger charge is -2.13. The third-order valence-corrected chi connectivity index (χ3v) is 6.05. The number of benzene rings is 2. The van der Waals surface area contributed by atoms with Crippen molar-refractivity contribution in [1.29, 1.82) is 0 Å². The standard InChI is InChI=1S/C23H21N3O2S/c27-21(13-20-15-29-23(26-20)18-9-5-11-24-14-18)25-19-10-4-8-17(12-19)22(28)16-6-2-1-3-7-16/h1-12,14,20,23,26H,13,15H2,(H,25,27). The van der Waals surface area contributed by atoms with Crippen LogP contribution in [0.15, 0.2) is 79.1 Å². The van der Waals surface area contributed by atoms with Crippen molar-refractivity contribution in [3.8, 4) is 0 Å². The largest absolute Gasteiger partial charge is 0.326 e. The van der Waals surface area contributed by atoms with E-state index >= 15 is 0 Å². The van der Waals surface area contributed by atoms with E-state index in [9.17, 15) is 9.59 Å². The molecule has 2 atom stereocenters. The number of carbonyl (C=O) groups is 2. The van der Waals surface area contributed by atoms with Crippen LogP contribution in [0.1, 0.15) is 33.3 Å². The molecule has 6 heteroatoms. The van der Waals surface area contributed by atoms with Crippen LogP contribution in [-0.4, -0.2) is 28.5 Å². The molecule has 2 N–H and O–H groups in total. The number of nitrogens with zero attached hydrogens (tertiary/aromatic N) is 1. The maximum atomic E-state index is 12.6. The van der Waals surface area contributed by atoms with Crippen LogP contribution in [-0.2, 0) is 4.79 Å². The van der Waals surface area contributed by atoms with Crippen molar-refractivity contribution in [3.63, 3.8) is 0 Å². The second kappa shape index (κ2) is 9.03. The topological polar surface area (TPSA) is 71.1 Å². The lowest BCUT2D eigenvalue weighted by Crippen LogP contribution is -2.30. The Morgan fingerprint density at radius 1 is 1.03 bits per heavy atom. The number of rotatable bonds is 6. The quantitative estimate of drug-likeness (QED) is 0.608. The molecule has 1 aromatic heterocycles. The first-order valence-electron chi connectivity index (χ1n) is 9.46. The number of aromatic nitrogens is 1. The Balaban J connectivity index is 1.35. The van der Waals surface area contributed by atoms with E-state index in [0.29, 0.717) is 23.2 Å². The van der Waals surface area contributed by atoms with Crippen LogP contribution in [0.3, 0.4) is 0 Å². The fourth-order valence-electron chi connectivity index (χ4n) is 3.29. The maximum absolute atomic E-state index is 12.6. The molecule has 0 aliphatic carbocycles. The van der Waals surface area contributed by atoms with Crippen molar-refractivity contribution in [2.45, 2.75) is 17.8 Å². The summed E-state index contributed by atoms with van der Waals surface area (Å²) in [5.74, 6) is 0.730. The van der Waals surface area contributed by atoms with Crippen molar-refractivity contribution in [2.75, 3.05) is 11.1 Å². The number of pyridine rings is 1. The van der Waals surface area contributed by atoms with Crippen molar-refractivity contribution < 1.29 is 9.59 Å². The number of hydrogen-bond acceptors (Lipinski definition) is 5. The van der Waals surface area contributed by atoms with E-state index in [1.165, 1.54) is 0 Å². The average Bonchev–Trinajstić information content (AvgIpc) is 3.23. The molecule has 1 aliphatic heterocycles. The van der Waals surface area contributed by atoms with Crippen LogP contribution in [0.25, 0.3) is 0 Å². The molecule has 5 nitrogen and oxygen atoms in total. The molecule has 0 radical (unpaired) electrons. The smallest absolute Gasteiger partial charge is 0.225 e. The van der Waals surface area contributed by atoms with Gasteiger partial charge in [0.05, 0.1) is 5.37 Å². The minimum absolute atomic E-state index is 0.0603. The van der Waals surface area contributed by atoms with Crippen molar-refractivity contribution in [3.05, 3.63) is 95.8 Å². The summed E-state index contributed by atoms with van der Waals surface area (Å²) in [6.45, 7) is 0. The van der Waals surface area contributed by atoms with Gasteiger partial charge in [0.2, 0.25) is 5.91 Å². The molecule has 0 bridgehead atoms. The van der Waals surface area contributed by atoms with Gasteiger partial charge in [-0.1, -0.05) is 48.5 Å². The molecule has 29 heavy (non-hydrogen) atoms. The number of anilines is 1. The SMILES string of the molecule is O=C(CC1CSC(c2cccnc2)N1)Nc1cccc(C(=O)c2ccccc2)c1. The molecule has 1 aliphatic rings. The van der Waals surface area contributed by atoms with Gasteiger partial charge in [-0.15, -0.1) is 11.8 Å². The molecule has 146 valence electrons. The first-order valence-corrected chi connectivity index (χ1v) is 10.5. The molecule has 1 saturated heterocycles. The molecule has 0 saturated carbocycles. The van der Waals surface area contributed by atoms with Crippen molar-refractivity contribution >= 4 is 29.1 Å². The van der Waals surface area contributed by atoms with Crippen molar-refractivity contribution in [2.24, 2.45) is 0 Å². The summed E-state index contributed by atoms with van der Waals surface area (Å²) in [4.78, 5) is 29.3. The van der Waals surface area contributed by atoms with E-state index in [2.05, 4.69) is 15.6 Å². The van der Waals surface area contributed by atoms with Gasteiger partial charge in [-0.05, 0) is 23.8 Å². The van der Waals surface area contributed by atoms with Gasteiger partial charge >= 0.3 is 0 Å². The Morgan fingerprint density at radius 2 is 1.86 bits per heavy atom. The highest BCUT2D eigenvalue weighted by Gasteiger charge is 2.27. The number of carbonyl (C=O) groups excluding carboxylic acids is 2. The number of amides is 1. The zero-order valence-corrected chi connectivity index (χ0v) is 16.6. The third-order valence-electron chi connectivity index (χ3n) is 4.71. The number of hydrogen-bond donors (Lipinski definition) is 2. The second-order valence-corrected chi connectivity index (χ2v) is 8.03. The van der Waals surface area contributed by atoms with Crippen LogP contribution in [0.2, 0.25) is 0 Å². The highest BCUT2D eigenvalue weighted by Crippen LogP contribution is 2.33. The highest BCUT2D eigenvalue weighted by atomic mass is 32.2. The van der Waals surface area contributed by atoms with E-state index in [-0.39, 0.29) is 23.1 Å². The Hall–Kier alpha value is -2.96. The Kier molecular flexibility index (Phi) is 6.03. The van der Waals surface area contributed by atoms with Gasteiger partial charge < -0.3 is 5.32 Å². The molecule has 2 unspecified atom stereocenters. The fraction of sp³-hybridized carbons (Fsp3) is 0.174. The minimum Gasteiger partial charge on any atom is -0.326 e. The fourth-order valence-corrected chi connectivity index (χ4v) is 4.55. The van der Waals surface area contributed by atoms with Gasteiger partial charge in [-0.25, -0.2) is 0 Å². The van der Waals surface area contributed by atoms with Gasteiger partial charge in [0.15, 0.2) is 5.78 Å². The highest BCUT2D eigenvalue weighted by molar-refractivity contribution is 7.99. The Morgan fingerprint density at radius 3 is 2.66 bits per heavy atom. The monoisotopic (exact) mass is 403 g/mol. The molecule has 1 amide bonds. The molecule has 2 aromatic carbocycles. The molecular formula is C23H21N3O2S. The zero-order valence-electron chi connectivity index (χ0n) is 15.7. The van der Waals surface area contributed by atoms with E-state index in [0.717, 1.165) is 11.3 Å². The predicted molar refractivity (Wildman–Crippen MR) is 116 cm³/mol. The van der Waals surface area contributed by atoms with Crippen LogP contribution >= 0.6 is 11.8 Å². The molecular weight excluding hydrogens is 382 g/mol. The summed E-state index contributed by atoms with van der Waals surface area (Å²) < 4.78 is 0. The third kappa shape index (κ3) is 4.91. The van der Waals surface area contributed by atoms with Crippen LogP contribution < -0.4 is 10.6 Å². The number of ketones is 1. The van der Waals surface area contributed by atoms with Crippen LogP contribution in [0.5, 0.6) is 0 Å². The van der Waals surface area contributed by atoms with E-state index in [1.807, 2.05) is 36.5 Å². The van der Waals surface area contributed by atoms with E-state index in [1.54, 1.807) is 54.4 Å². The molecule has 4 rings (SSSR count). The molecule has 0 spiro atoms. The van der Waals surface area contributed by atoms with Gasteiger partial charge in [-0.2, -0.15) is 0 Å². The normalized spacial score (nSPS) is 18.3. The molecule has 1 fully saturated rings.